The first-order valence-corrected chi connectivity index (χ1v) is 9.38. The lowest BCUT2D eigenvalue weighted by Crippen LogP contribution is -2.22. The number of aromatic nitrogens is 2. The number of ether oxygens (including phenoxy) is 1. The van der Waals surface area contributed by atoms with E-state index in [2.05, 4.69) is 4.98 Å². The molecule has 0 bridgehead atoms. The van der Waals surface area contributed by atoms with Gasteiger partial charge in [0, 0.05) is 0 Å². The first-order chi connectivity index (χ1) is 15.0. The van der Waals surface area contributed by atoms with Crippen molar-refractivity contribution in [1.82, 2.24) is 9.55 Å². The van der Waals surface area contributed by atoms with E-state index >= 15 is 0 Å². The number of benzene rings is 3. The van der Waals surface area contributed by atoms with Gasteiger partial charge in [0.1, 0.15) is 5.82 Å². The number of carboxylic acids is 1. The molecule has 31 heavy (non-hydrogen) atoms. The summed E-state index contributed by atoms with van der Waals surface area (Å²) >= 11 is 0. The highest BCUT2D eigenvalue weighted by Crippen LogP contribution is 2.27. The fraction of sp³-hybridized carbons (Fsp3) is 0.0417. The molecule has 0 saturated carbocycles. The highest BCUT2D eigenvalue weighted by atomic mass is 16.5. The number of hydrogen-bond donors (Lipinski definition) is 2. The molecule has 0 saturated heterocycles. The zero-order chi connectivity index (χ0) is 22.0. The number of fused-ring (bicyclic) bond motifs is 1. The van der Waals surface area contributed by atoms with Crippen molar-refractivity contribution in [1.29, 1.82) is 0 Å². The molecule has 7 heteroatoms. The highest BCUT2D eigenvalue weighted by molar-refractivity contribution is 5.88. The van der Waals surface area contributed by atoms with Crippen molar-refractivity contribution in [2.24, 2.45) is 0 Å². The number of hydrogen-bond acceptors (Lipinski definition) is 5. The summed E-state index contributed by atoms with van der Waals surface area (Å²) in [4.78, 5) is 29.0. The fourth-order valence-corrected chi connectivity index (χ4v) is 3.23. The van der Waals surface area contributed by atoms with Crippen LogP contribution in [0.1, 0.15) is 21.7 Å². The number of carboxylic acid groups (broad SMARTS) is 1. The van der Waals surface area contributed by atoms with Gasteiger partial charge in [-0.05, 0) is 60.2 Å². The van der Waals surface area contributed by atoms with E-state index in [0.29, 0.717) is 28.2 Å². The molecule has 0 atom stereocenters. The van der Waals surface area contributed by atoms with Crippen molar-refractivity contribution in [3.63, 3.8) is 0 Å². The maximum absolute atomic E-state index is 13.2. The summed E-state index contributed by atoms with van der Waals surface area (Å²) in [6, 6.07) is 17.9. The Balaban J connectivity index is 1.88. The Morgan fingerprint density at radius 3 is 2.48 bits per heavy atom. The molecule has 0 aliphatic heterocycles. The zero-order valence-electron chi connectivity index (χ0n) is 16.5. The number of phenolic OH excluding ortho intramolecular Hbond substituents is 1. The molecule has 1 aromatic heterocycles. The van der Waals surface area contributed by atoms with E-state index in [1.807, 2.05) is 0 Å². The van der Waals surface area contributed by atoms with Gasteiger partial charge in [0.2, 0.25) is 0 Å². The van der Waals surface area contributed by atoms with Crippen molar-refractivity contribution in [2.75, 3.05) is 7.11 Å². The van der Waals surface area contributed by atoms with E-state index in [0.717, 1.165) is 5.56 Å². The van der Waals surface area contributed by atoms with Crippen molar-refractivity contribution in [3.05, 3.63) is 94.0 Å². The first-order valence-electron chi connectivity index (χ1n) is 9.38. The molecule has 4 aromatic rings. The summed E-state index contributed by atoms with van der Waals surface area (Å²) in [6.45, 7) is 0. The molecule has 2 N–H and O–H groups in total. The standard InChI is InChI=1S/C24H18N2O5/c1-31-21-14-15(6-12-20(21)27)7-13-22-25-19-5-3-2-4-18(19)23(28)26(22)17-10-8-16(9-11-17)24(29)30/h2-14,27H,1H3,(H,29,30)/b13-7+. The zero-order valence-corrected chi connectivity index (χ0v) is 16.5. The molecule has 0 unspecified atom stereocenters. The van der Waals surface area contributed by atoms with Gasteiger partial charge in [-0.1, -0.05) is 24.3 Å². The predicted molar refractivity (Wildman–Crippen MR) is 118 cm³/mol. The molecule has 3 aromatic carbocycles. The van der Waals surface area contributed by atoms with E-state index in [-0.39, 0.29) is 16.9 Å². The van der Waals surface area contributed by atoms with Crippen molar-refractivity contribution in [2.45, 2.75) is 0 Å². The van der Waals surface area contributed by atoms with Gasteiger partial charge in [-0.2, -0.15) is 0 Å². The second-order valence-electron chi connectivity index (χ2n) is 6.74. The van der Waals surface area contributed by atoms with Crippen molar-refractivity contribution < 1.29 is 19.7 Å². The van der Waals surface area contributed by atoms with Crippen LogP contribution in [0.4, 0.5) is 0 Å². The third kappa shape index (κ3) is 3.89. The smallest absolute Gasteiger partial charge is 0.335 e. The third-order valence-corrected chi connectivity index (χ3v) is 4.80. The summed E-state index contributed by atoms with van der Waals surface area (Å²) in [5.74, 6) is -0.315. The van der Waals surface area contributed by atoms with E-state index in [1.165, 1.54) is 29.9 Å². The van der Waals surface area contributed by atoms with Crippen LogP contribution in [0.25, 0.3) is 28.7 Å². The first kappa shape index (κ1) is 19.9. The molecule has 154 valence electrons. The van der Waals surface area contributed by atoms with Crippen LogP contribution < -0.4 is 10.3 Å². The number of nitrogens with zero attached hydrogens (tertiary/aromatic N) is 2. The van der Waals surface area contributed by atoms with Crippen LogP contribution in [0.15, 0.2) is 71.5 Å². The van der Waals surface area contributed by atoms with E-state index in [1.54, 1.807) is 60.7 Å². The number of phenols is 1. The summed E-state index contributed by atoms with van der Waals surface area (Å²) in [5, 5.41) is 19.4. The molecule has 0 amide bonds. The van der Waals surface area contributed by atoms with E-state index in [9.17, 15) is 14.7 Å². The van der Waals surface area contributed by atoms with E-state index < -0.39 is 5.97 Å². The maximum atomic E-state index is 13.2. The number of aromatic hydroxyl groups is 1. The Morgan fingerprint density at radius 2 is 1.77 bits per heavy atom. The SMILES string of the molecule is COc1cc(/C=C/c2nc3ccccc3c(=O)n2-c2ccc(C(=O)O)cc2)ccc1O. The minimum absolute atomic E-state index is 0.0268. The number of methoxy groups -OCH3 is 1. The Bertz CT molecular complexity index is 1370. The largest absolute Gasteiger partial charge is 0.504 e. The van der Waals surface area contributed by atoms with Crippen molar-refractivity contribution >= 4 is 29.0 Å². The number of aromatic carboxylic acids is 1. The van der Waals surface area contributed by atoms with Crippen LogP contribution in [0.3, 0.4) is 0 Å². The fourth-order valence-electron chi connectivity index (χ4n) is 3.23. The minimum atomic E-state index is -1.04. The average Bonchev–Trinajstić information content (AvgIpc) is 2.78. The molecule has 0 aliphatic rings. The van der Waals surface area contributed by atoms with Gasteiger partial charge in [0.15, 0.2) is 11.5 Å². The maximum Gasteiger partial charge on any atom is 0.335 e. The highest BCUT2D eigenvalue weighted by Gasteiger charge is 2.12. The van der Waals surface area contributed by atoms with Gasteiger partial charge in [-0.15, -0.1) is 0 Å². The quantitative estimate of drug-likeness (QED) is 0.512. The number of carbonyl (C=O) groups is 1. The molecule has 7 nitrogen and oxygen atoms in total. The van der Waals surface area contributed by atoms with Crippen LogP contribution in [0.2, 0.25) is 0 Å². The monoisotopic (exact) mass is 414 g/mol. The Hall–Kier alpha value is -4.39. The van der Waals surface area contributed by atoms with Gasteiger partial charge < -0.3 is 14.9 Å². The molecular weight excluding hydrogens is 396 g/mol. The second kappa shape index (κ2) is 8.16. The molecule has 1 heterocycles. The Kier molecular flexibility index (Phi) is 5.24. The van der Waals surface area contributed by atoms with Gasteiger partial charge in [0.25, 0.3) is 5.56 Å². The molecule has 0 aliphatic carbocycles. The number of rotatable bonds is 5. The lowest BCUT2D eigenvalue weighted by molar-refractivity contribution is 0.0697. The Labute approximate surface area is 177 Å². The summed E-state index contributed by atoms with van der Waals surface area (Å²) in [7, 11) is 1.46. The lowest BCUT2D eigenvalue weighted by atomic mass is 10.1. The summed E-state index contributed by atoms with van der Waals surface area (Å²) in [5.41, 5.74) is 1.64. The van der Waals surface area contributed by atoms with Gasteiger partial charge in [0.05, 0.1) is 29.3 Å². The van der Waals surface area contributed by atoms with Crippen LogP contribution >= 0.6 is 0 Å². The average molecular weight is 414 g/mol. The lowest BCUT2D eigenvalue weighted by Gasteiger charge is -2.12. The number of para-hydroxylation sites is 1. The molecule has 0 radical (unpaired) electrons. The normalized spacial score (nSPS) is 11.1. The van der Waals surface area contributed by atoms with E-state index in [4.69, 9.17) is 9.84 Å². The van der Waals surface area contributed by atoms with Crippen LogP contribution in [-0.4, -0.2) is 32.8 Å². The molecule has 0 spiro atoms. The van der Waals surface area contributed by atoms with Crippen molar-refractivity contribution in [3.8, 4) is 17.2 Å². The molecule has 0 fully saturated rings. The summed E-state index contributed by atoms with van der Waals surface area (Å²) < 4.78 is 6.57. The van der Waals surface area contributed by atoms with Gasteiger partial charge in [-0.3, -0.25) is 9.36 Å². The Morgan fingerprint density at radius 1 is 1.03 bits per heavy atom. The van der Waals surface area contributed by atoms with Crippen LogP contribution in [0.5, 0.6) is 11.5 Å². The van der Waals surface area contributed by atoms with Crippen LogP contribution in [0, 0.1) is 0 Å². The molecular formula is C24H18N2O5. The molecule has 4 rings (SSSR count). The third-order valence-electron chi connectivity index (χ3n) is 4.80. The summed E-state index contributed by atoms with van der Waals surface area (Å²) in [6.07, 6.45) is 3.44. The van der Waals surface area contributed by atoms with Gasteiger partial charge in [-0.25, -0.2) is 9.78 Å². The van der Waals surface area contributed by atoms with Gasteiger partial charge >= 0.3 is 5.97 Å². The van der Waals surface area contributed by atoms with Crippen LogP contribution in [-0.2, 0) is 0 Å². The second-order valence-corrected chi connectivity index (χ2v) is 6.74. The topological polar surface area (TPSA) is 102 Å². The predicted octanol–water partition coefficient (Wildman–Crippen LogP) is 3.97. The minimum Gasteiger partial charge on any atom is -0.504 e.